The first-order chi connectivity index (χ1) is 9.49. The van der Waals surface area contributed by atoms with E-state index < -0.39 is 15.8 Å². The predicted octanol–water partition coefficient (Wildman–Crippen LogP) is 1.80. The minimum absolute atomic E-state index is 0.0244. The molecule has 0 saturated heterocycles. The number of carboxylic acids is 1. The van der Waals surface area contributed by atoms with Crippen molar-refractivity contribution in [2.75, 3.05) is 5.75 Å². The molecular weight excluding hydrogens is 278 g/mol. The molecule has 1 aromatic carbocycles. The molecule has 0 aliphatic rings. The highest BCUT2D eigenvalue weighted by Gasteiger charge is 2.15. The molecule has 1 N–H and O–H groups in total. The van der Waals surface area contributed by atoms with Crippen LogP contribution in [0.4, 0.5) is 0 Å². The number of aromatic carboxylic acids is 1. The lowest BCUT2D eigenvalue weighted by Crippen LogP contribution is -2.09. The van der Waals surface area contributed by atoms with Gasteiger partial charge in [0.25, 0.3) is 0 Å². The van der Waals surface area contributed by atoms with Crippen LogP contribution in [0.25, 0.3) is 0 Å². The third kappa shape index (κ3) is 3.42. The molecule has 0 aliphatic carbocycles. The molecule has 0 unspecified atom stereocenters. The zero-order valence-electron chi connectivity index (χ0n) is 10.6. The van der Waals surface area contributed by atoms with Gasteiger partial charge in [-0.05, 0) is 48.4 Å². The maximum absolute atomic E-state index is 12.1. The van der Waals surface area contributed by atoms with Crippen molar-refractivity contribution in [3.8, 4) is 0 Å². The Morgan fingerprint density at radius 1 is 1.05 bits per heavy atom. The number of aromatic nitrogens is 1. The fraction of sp³-hybridized carbons (Fsp3) is 0.143. The Morgan fingerprint density at radius 3 is 2.20 bits per heavy atom. The second kappa shape index (κ2) is 5.83. The van der Waals surface area contributed by atoms with Gasteiger partial charge in [0.05, 0.1) is 16.2 Å². The van der Waals surface area contributed by atoms with Gasteiger partial charge in [0.2, 0.25) is 0 Å². The fourth-order valence-electron chi connectivity index (χ4n) is 1.72. The van der Waals surface area contributed by atoms with E-state index in [-0.39, 0.29) is 16.2 Å². The van der Waals surface area contributed by atoms with Crippen molar-refractivity contribution >= 4 is 15.8 Å². The number of nitrogens with zero attached hydrogens (tertiary/aromatic N) is 1. The summed E-state index contributed by atoms with van der Waals surface area (Å²) in [6, 6.07) is 8.77. The molecule has 1 aromatic heterocycles. The molecule has 20 heavy (non-hydrogen) atoms. The first-order valence-corrected chi connectivity index (χ1v) is 7.59. The average Bonchev–Trinajstić information content (AvgIpc) is 2.46. The van der Waals surface area contributed by atoms with Crippen LogP contribution >= 0.6 is 0 Å². The van der Waals surface area contributed by atoms with E-state index in [0.717, 1.165) is 5.56 Å². The third-order valence-corrected chi connectivity index (χ3v) is 4.60. The van der Waals surface area contributed by atoms with Crippen LogP contribution < -0.4 is 0 Å². The van der Waals surface area contributed by atoms with Gasteiger partial charge in [-0.25, -0.2) is 13.2 Å². The third-order valence-electron chi connectivity index (χ3n) is 2.87. The summed E-state index contributed by atoms with van der Waals surface area (Å²) in [4.78, 5) is 14.7. The minimum atomic E-state index is -3.41. The fourth-order valence-corrected chi connectivity index (χ4v) is 3.02. The average molecular weight is 291 g/mol. The van der Waals surface area contributed by atoms with Crippen molar-refractivity contribution in [3.63, 3.8) is 0 Å². The number of rotatable bonds is 5. The summed E-state index contributed by atoms with van der Waals surface area (Å²) < 4.78 is 24.2. The summed E-state index contributed by atoms with van der Waals surface area (Å²) in [6.45, 7) is 0. The first kappa shape index (κ1) is 14.2. The van der Waals surface area contributed by atoms with Crippen LogP contribution in [0.15, 0.2) is 53.7 Å². The summed E-state index contributed by atoms with van der Waals surface area (Å²) in [5.41, 5.74) is 0.962. The number of carboxylic acid groups (broad SMARTS) is 1. The van der Waals surface area contributed by atoms with Crippen LogP contribution in [-0.4, -0.2) is 30.2 Å². The van der Waals surface area contributed by atoms with Crippen LogP contribution in [0, 0.1) is 0 Å². The van der Waals surface area contributed by atoms with E-state index in [9.17, 15) is 13.2 Å². The van der Waals surface area contributed by atoms with Gasteiger partial charge in [-0.1, -0.05) is 0 Å². The summed E-state index contributed by atoms with van der Waals surface area (Å²) in [6.07, 6.45) is 3.62. The Kier molecular flexibility index (Phi) is 4.14. The van der Waals surface area contributed by atoms with Gasteiger partial charge in [-0.3, -0.25) is 4.98 Å². The van der Waals surface area contributed by atoms with Crippen molar-refractivity contribution < 1.29 is 18.3 Å². The number of sulfone groups is 1. The van der Waals surface area contributed by atoms with Crippen LogP contribution in [0.1, 0.15) is 15.9 Å². The summed E-state index contributed by atoms with van der Waals surface area (Å²) in [7, 11) is -3.41. The Bertz CT molecular complexity index is 694. The van der Waals surface area contributed by atoms with Crippen molar-refractivity contribution in [1.29, 1.82) is 0 Å². The lowest BCUT2D eigenvalue weighted by molar-refractivity contribution is 0.0697. The topological polar surface area (TPSA) is 84.3 Å². The predicted molar refractivity (Wildman–Crippen MR) is 73.4 cm³/mol. The number of pyridine rings is 1. The molecule has 0 fully saturated rings. The van der Waals surface area contributed by atoms with E-state index in [0.29, 0.717) is 6.42 Å². The SMILES string of the molecule is O=C(O)c1ccc(S(=O)(=O)CCc2ccncc2)cc1. The molecule has 0 atom stereocenters. The number of carbonyl (C=O) groups is 1. The van der Waals surface area contributed by atoms with Gasteiger partial charge in [0.1, 0.15) is 0 Å². The maximum Gasteiger partial charge on any atom is 0.335 e. The van der Waals surface area contributed by atoms with Gasteiger partial charge < -0.3 is 5.11 Å². The number of hydrogen-bond acceptors (Lipinski definition) is 4. The van der Waals surface area contributed by atoms with Crippen molar-refractivity contribution in [1.82, 2.24) is 4.98 Å². The molecule has 104 valence electrons. The van der Waals surface area contributed by atoms with E-state index >= 15 is 0 Å². The Balaban J connectivity index is 2.12. The van der Waals surface area contributed by atoms with Gasteiger partial charge in [0.15, 0.2) is 9.84 Å². The summed E-state index contributed by atoms with van der Waals surface area (Å²) in [5, 5.41) is 8.78. The molecule has 0 bridgehead atoms. The Hall–Kier alpha value is -2.21. The number of benzene rings is 1. The van der Waals surface area contributed by atoms with E-state index in [1.54, 1.807) is 24.5 Å². The summed E-state index contributed by atoms with van der Waals surface area (Å²) in [5.74, 6) is -1.10. The smallest absolute Gasteiger partial charge is 0.335 e. The van der Waals surface area contributed by atoms with Gasteiger partial charge in [-0.15, -0.1) is 0 Å². The van der Waals surface area contributed by atoms with E-state index in [2.05, 4.69) is 4.98 Å². The highest BCUT2D eigenvalue weighted by Crippen LogP contribution is 2.14. The largest absolute Gasteiger partial charge is 0.478 e. The van der Waals surface area contributed by atoms with Gasteiger partial charge in [-0.2, -0.15) is 0 Å². The normalized spacial score (nSPS) is 11.2. The Labute approximate surface area is 116 Å². The molecule has 6 heteroatoms. The van der Waals surface area contributed by atoms with E-state index in [1.165, 1.54) is 24.3 Å². The highest BCUT2D eigenvalue weighted by molar-refractivity contribution is 7.91. The van der Waals surface area contributed by atoms with E-state index in [4.69, 9.17) is 5.11 Å². The highest BCUT2D eigenvalue weighted by atomic mass is 32.2. The van der Waals surface area contributed by atoms with Crippen LogP contribution in [0.5, 0.6) is 0 Å². The molecule has 0 radical (unpaired) electrons. The molecule has 1 heterocycles. The lowest BCUT2D eigenvalue weighted by atomic mass is 10.2. The zero-order valence-corrected chi connectivity index (χ0v) is 11.4. The molecule has 2 rings (SSSR count). The molecule has 0 saturated carbocycles. The lowest BCUT2D eigenvalue weighted by Gasteiger charge is -2.05. The maximum atomic E-state index is 12.1. The van der Waals surface area contributed by atoms with Crippen molar-refractivity contribution in [3.05, 3.63) is 59.9 Å². The molecule has 0 aliphatic heterocycles. The molecule has 5 nitrogen and oxygen atoms in total. The van der Waals surface area contributed by atoms with Gasteiger partial charge in [0, 0.05) is 12.4 Å². The van der Waals surface area contributed by atoms with Crippen LogP contribution in [-0.2, 0) is 16.3 Å². The van der Waals surface area contributed by atoms with Crippen LogP contribution in [0.2, 0.25) is 0 Å². The quantitative estimate of drug-likeness (QED) is 0.908. The van der Waals surface area contributed by atoms with Crippen LogP contribution in [0.3, 0.4) is 0 Å². The second-order valence-electron chi connectivity index (χ2n) is 4.25. The second-order valence-corrected chi connectivity index (χ2v) is 6.36. The van der Waals surface area contributed by atoms with E-state index in [1.807, 2.05) is 0 Å². The zero-order chi connectivity index (χ0) is 14.6. The van der Waals surface area contributed by atoms with Gasteiger partial charge >= 0.3 is 5.97 Å². The molecule has 2 aromatic rings. The minimum Gasteiger partial charge on any atom is -0.478 e. The standard InChI is InChI=1S/C14H13NO4S/c16-14(17)12-1-3-13(4-2-12)20(18,19)10-7-11-5-8-15-9-6-11/h1-6,8-9H,7,10H2,(H,16,17). The number of aryl methyl sites for hydroxylation is 1. The first-order valence-electron chi connectivity index (χ1n) is 5.94. The Morgan fingerprint density at radius 2 is 1.65 bits per heavy atom. The van der Waals surface area contributed by atoms with Crippen molar-refractivity contribution in [2.45, 2.75) is 11.3 Å². The van der Waals surface area contributed by atoms with Crippen molar-refractivity contribution in [2.24, 2.45) is 0 Å². The monoisotopic (exact) mass is 291 g/mol. The number of hydrogen-bond donors (Lipinski definition) is 1. The molecule has 0 spiro atoms. The summed E-state index contributed by atoms with van der Waals surface area (Å²) >= 11 is 0. The molecule has 0 amide bonds. The molecular formula is C14H13NO4S.